The molecule has 0 amide bonds. The Morgan fingerprint density at radius 3 is 2.75 bits per heavy atom. The molecule has 0 saturated heterocycles. The summed E-state index contributed by atoms with van der Waals surface area (Å²) >= 11 is 0. The monoisotopic (exact) mass is 275 g/mol. The van der Waals surface area contributed by atoms with E-state index >= 15 is 0 Å². The van der Waals surface area contributed by atoms with Crippen LogP contribution in [0.1, 0.15) is 20.3 Å². The molecule has 2 aromatic rings. The van der Waals surface area contributed by atoms with E-state index in [2.05, 4.69) is 18.7 Å². The average Bonchev–Trinajstić information content (AvgIpc) is 2.47. The van der Waals surface area contributed by atoms with Crippen LogP contribution in [0.4, 0.5) is 0 Å². The highest BCUT2D eigenvalue weighted by Crippen LogP contribution is 2.18. The van der Waals surface area contributed by atoms with Crippen LogP contribution in [0.5, 0.6) is 5.75 Å². The maximum absolute atomic E-state index is 11.6. The molecule has 0 aliphatic rings. The number of nitrogens with zero attached hydrogens (tertiary/aromatic N) is 1. The van der Waals surface area contributed by atoms with Crippen LogP contribution in [0.3, 0.4) is 0 Å². The van der Waals surface area contributed by atoms with Gasteiger partial charge in [0.25, 0.3) is 0 Å². The second-order valence-corrected chi connectivity index (χ2v) is 4.67. The van der Waals surface area contributed by atoms with Gasteiger partial charge in [-0.15, -0.1) is 0 Å². The maximum Gasteiger partial charge on any atom is 0.192 e. The SMILES string of the molecule is CCN(CC)CCCOc1ccc2c(=O)ccoc2c1. The molecule has 0 N–H and O–H groups in total. The Labute approximate surface area is 119 Å². The summed E-state index contributed by atoms with van der Waals surface area (Å²) < 4.78 is 11.0. The molecule has 0 unspecified atom stereocenters. The number of rotatable bonds is 7. The van der Waals surface area contributed by atoms with E-state index in [-0.39, 0.29) is 5.43 Å². The zero-order chi connectivity index (χ0) is 14.4. The Kier molecular flexibility index (Phi) is 5.18. The van der Waals surface area contributed by atoms with Crippen molar-refractivity contribution < 1.29 is 9.15 Å². The smallest absolute Gasteiger partial charge is 0.192 e. The number of ether oxygens (including phenoxy) is 1. The number of fused-ring (bicyclic) bond motifs is 1. The number of benzene rings is 1. The minimum absolute atomic E-state index is 0.0284. The van der Waals surface area contributed by atoms with Crippen LogP contribution in [0.15, 0.2) is 39.7 Å². The second-order valence-electron chi connectivity index (χ2n) is 4.67. The van der Waals surface area contributed by atoms with Gasteiger partial charge in [0.1, 0.15) is 11.3 Å². The van der Waals surface area contributed by atoms with Crippen LogP contribution < -0.4 is 10.2 Å². The van der Waals surface area contributed by atoms with E-state index in [1.54, 1.807) is 12.1 Å². The average molecular weight is 275 g/mol. The molecule has 4 nitrogen and oxygen atoms in total. The summed E-state index contributed by atoms with van der Waals surface area (Å²) in [5, 5.41) is 0.586. The molecular formula is C16H21NO3. The molecule has 0 spiro atoms. The Hall–Kier alpha value is -1.81. The lowest BCUT2D eigenvalue weighted by Crippen LogP contribution is -2.25. The molecule has 0 bridgehead atoms. The second kappa shape index (κ2) is 7.10. The lowest BCUT2D eigenvalue weighted by atomic mass is 10.2. The first-order chi connectivity index (χ1) is 9.74. The molecule has 20 heavy (non-hydrogen) atoms. The summed E-state index contributed by atoms with van der Waals surface area (Å²) in [6, 6.07) is 6.76. The third kappa shape index (κ3) is 3.61. The molecule has 2 rings (SSSR count). The highest BCUT2D eigenvalue weighted by Gasteiger charge is 2.03. The van der Waals surface area contributed by atoms with Crippen LogP contribution in [0.25, 0.3) is 11.0 Å². The fraction of sp³-hybridized carbons (Fsp3) is 0.438. The minimum atomic E-state index is -0.0284. The highest BCUT2D eigenvalue weighted by molar-refractivity contribution is 5.77. The summed E-state index contributed by atoms with van der Waals surface area (Å²) in [4.78, 5) is 13.9. The largest absolute Gasteiger partial charge is 0.493 e. The molecule has 0 aliphatic carbocycles. The number of hydrogen-bond acceptors (Lipinski definition) is 4. The van der Waals surface area contributed by atoms with E-state index in [1.165, 1.54) is 12.3 Å². The van der Waals surface area contributed by atoms with Gasteiger partial charge in [-0.3, -0.25) is 4.79 Å². The van der Waals surface area contributed by atoms with E-state index in [0.717, 1.165) is 31.8 Å². The molecule has 1 aromatic carbocycles. The molecule has 0 saturated carbocycles. The topological polar surface area (TPSA) is 42.7 Å². The van der Waals surface area contributed by atoms with Crippen molar-refractivity contribution in [2.24, 2.45) is 0 Å². The maximum atomic E-state index is 11.6. The molecular weight excluding hydrogens is 254 g/mol. The van der Waals surface area contributed by atoms with Crippen molar-refractivity contribution >= 4 is 11.0 Å². The molecule has 0 radical (unpaired) electrons. The Morgan fingerprint density at radius 1 is 1.20 bits per heavy atom. The van der Waals surface area contributed by atoms with Crippen molar-refractivity contribution in [3.8, 4) is 5.75 Å². The summed E-state index contributed by atoms with van der Waals surface area (Å²) in [5.41, 5.74) is 0.540. The quantitative estimate of drug-likeness (QED) is 0.729. The molecule has 1 heterocycles. The van der Waals surface area contributed by atoms with Gasteiger partial charge in [-0.25, -0.2) is 0 Å². The summed E-state index contributed by atoms with van der Waals surface area (Å²) in [6.07, 6.45) is 2.40. The van der Waals surface area contributed by atoms with E-state index < -0.39 is 0 Å². The lowest BCUT2D eigenvalue weighted by molar-refractivity contribution is 0.249. The fourth-order valence-corrected chi connectivity index (χ4v) is 2.17. The zero-order valence-corrected chi connectivity index (χ0v) is 12.1. The van der Waals surface area contributed by atoms with E-state index in [9.17, 15) is 4.79 Å². The lowest BCUT2D eigenvalue weighted by Gasteiger charge is -2.17. The van der Waals surface area contributed by atoms with Crippen LogP contribution in [0.2, 0.25) is 0 Å². The molecule has 108 valence electrons. The first-order valence-electron chi connectivity index (χ1n) is 7.11. The molecule has 4 heteroatoms. The molecule has 0 aliphatic heterocycles. The first kappa shape index (κ1) is 14.6. The predicted octanol–water partition coefficient (Wildman–Crippen LogP) is 2.90. The van der Waals surface area contributed by atoms with Crippen molar-refractivity contribution in [2.75, 3.05) is 26.2 Å². The van der Waals surface area contributed by atoms with Crippen molar-refractivity contribution in [2.45, 2.75) is 20.3 Å². The van der Waals surface area contributed by atoms with Crippen LogP contribution in [-0.4, -0.2) is 31.1 Å². The molecule has 0 fully saturated rings. The van der Waals surface area contributed by atoms with Crippen molar-refractivity contribution in [3.63, 3.8) is 0 Å². The molecule has 1 aromatic heterocycles. The zero-order valence-electron chi connectivity index (χ0n) is 12.1. The summed E-state index contributed by atoms with van der Waals surface area (Å²) in [6.45, 7) is 8.16. The van der Waals surface area contributed by atoms with Gasteiger partial charge in [0.05, 0.1) is 18.3 Å². The van der Waals surface area contributed by atoms with Crippen LogP contribution >= 0.6 is 0 Å². The fourth-order valence-electron chi connectivity index (χ4n) is 2.17. The van der Waals surface area contributed by atoms with Gasteiger partial charge in [0, 0.05) is 18.7 Å². The summed E-state index contributed by atoms with van der Waals surface area (Å²) in [5.74, 6) is 0.742. The van der Waals surface area contributed by atoms with Crippen LogP contribution in [0, 0.1) is 0 Å². The van der Waals surface area contributed by atoms with Gasteiger partial charge in [-0.2, -0.15) is 0 Å². The van der Waals surface area contributed by atoms with Crippen molar-refractivity contribution in [3.05, 3.63) is 40.8 Å². The van der Waals surface area contributed by atoms with E-state index in [1.807, 2.05) is 6.07 Å². The Bertz CT molecular complexity index is 602. The van der Waals surface area contributed by atoms with Gasteiger partial charge >= 0.3 is 0 Å². The van der Waals surface area contributed by atoms with Gasteiger partial charge in [-0.1, -0.05) is 13.8 Å². The number of hydrogen-bond donors (Lipinski definition) is 0. The highest BCUT2D eigenvalue weighted by atomic mass is 16.5. The minimum Gasteiger partial charge on any atom is -0.493 e. The van der Waals surface area contributed by atoms with Gasteiger partial charge < -0.3 is 14.1 Å². The van der Waals surface area contributed by atoms with Gasteiger partial charge in [-0.05, 0) is 31.6 Å². The Balaban J connectivity index is 1.92. The van der Waals surface area contributed by atoms with Gasteiger partial charge in [0.15, 0.2) is 5.43 Å². The van der Waals surface area contributed by atoms with Gasteiger partial charge in [0.2, 0.25) is 0 Å². The first-order valence-corrected chi connectivity index (χ1v) is 7.11. The van der Waals surface area contributed by atoms with Crippen LogP contribution in [-0.2, 0) is 0 Å². The van der Waals surface area contributed by atoms with Crippen molar-refractivity contribution in [1.82, 2.24) is 4.90 Å². The van der Waals surface area contributed by atoms with Crippen molar-refractivity contribution in [1.29, 1.82) is 0 Å². The van der Waals surface area contributed by atoms with E-state index in [4.69, 9.17) is 9.15 Å². The third-order valence-corrected chi connectivity index (χ3v) is 3.41. The standard InChI is InChI=1S/C16H21NO3/c1-3-17(4-2)9-5-10-19-13-6-7-14-15(18)8-11-20-16(14)12-13/h6-8,11-12H,3-5,9-10H2,1-2H3. The molecule has 0 atom stereocenters. The third-order valence-electron chi connectivity index (χ3n) is 3.41. The summed E-state index contributed by atoms with van der Waals surface area (Å²) in [7, 11) is 0. The normalized spacial score (nSPS) is 11.2. The van der Waals surface area contributed by atoms with E-state index in [0.29, 0.717) is 17.6 Å². The Morgan fingerprint density at radius 2 is 2.00 bits per heavy atom. The predicted molar refractivity (Wildman–Crippen MR) is 80.4 cm³/mol.